The predicted molar refractivity (Wildman–Crippen MR) is 103 cm³/mol. The quantitative estimate of drug-likeness (QED) is 0.570. The number of sulfonamides is 1. The molecule has 0 bridgehead atoms. The first kappa shape index (κ1) is 21.4. The van der Waals surface area contributed by atoms with Crippen LogP contribution < -0.4 is 5.32 Å². The summed E-state index contributed by atoms with van der Waals surface area (Å²) in [5.74, 6) is -1.20. The summed E-state index contributed by atoms with van der Waals surface area (Å²) in [5.41, 5.74) is 0.244. The van der Waals surface area contributed by atoms with Gasteiger partial charge in [0.15, 0.2) is 6.10 Å². The van der Waals surface area contributed by atoms with Crippen LogP contribution in [0.5, 0.6) is 0 Å². The maximum Gasteiger partial charge on any atom is 0.310 e. The fraction of sp³-hybridized carbons (Fsp3) is 0.444. The molecule has 0 radical (unpaired) electrons. The van der Waals surface area contributed by atoms with E-state index in [-0.39, 0.29) is 21.5 Å². The van der Waals surface area contributed by atoms with Crippen LogP contribution in [-0.2, 0) is 24.3 Å². The van der Waals surface area contributed by atoms with E-state index in [0.29, 0.717) is 12.8 Å². The minimum atomic E-state index is -3.76. The molecule has 0 saturated heterocycles. The van der Waals surface area contributed by atoms with Gasteiger partial charge in [0.05, 0.1) is 10.9 Å². The molecule has 1 aliphatic rings. The number of nitrogens with one attached hydrogen (secondary N) is 1. The maximum absolute atomic E-state index is 12.3. The molecule has 148 valence electrons. The van der Waals surface area contributed by atoms with Crippen LogP contribution in [0, 0.1) is 5.92 Å². The number of rotatable bonds is 6. The minimum Gasteiger partial charge on any atom is -0.452 e. The van der Waals surface area contributed by atoms with Crippen molar-refractivity contribution in [3.8, 4) is 0 Å². The second kappa shape index (κ2) is 8.86. The predicted octanol–water partition coefficient (Wildman–Crippen LogP) is 2.82. The number of benzene rings is 1. The number of halogens is 1. The zero-order valence-electron chi connectivity index (χ0n) is 15.4. The van der Waals surface area contributed by atoms with E-state index in [9.17, 15) is 18.0 Å². The molecule has 27 heavy (non-hydrogen) atoms. The third-order valence-electron chi connectivity index (χ3n) is 4.22. The van der Waals surface area contributed by atoms with Gasteiger partial charge in [0.25, 0.3) is 5.91 Å². The molecular weight excluding hydrogens is 392 g/mol. The summed E-state index contributed by atoms with van der Waals surface area (Å²) in [6.07, 6.45) is 5.06. The van der Waals surface area contributed by atoms with Crippen molar-refractivity contribution in [2.75, 3.05) is 19.4 Å². The highest BCUT2D eigenvalue weighted by atomic mass is 35.5. The van der Waals surface area contributed by atoms with Gasteiger partial charge in [-0.2, -0.15) is 0 Å². The number of carbonyl (C=O) groups excluding carboxylic acids is 2. The first-order chi connectivity index (χ1) is 12.6. The second-order valence-electron chi connectivity index (χ2n) is 6.48. The number of hydrogen-bond donors (Lipinski definition) is 1. The molecule has 1 aromatic rings. The second-order valence-corrected chi connectivity index (χ2v) is 9.01. The molecule has 0 fully saturated rings. The zero-order valence-corrected chi connectivity index (χ0v) is 17.0. The van der Waals surface area contributed by atoms with Crippen molar-refractivity contribution in [3.05, 3.63) is 35.4 Å². The van der Waals surface area contributed by atoms with Crippen LogP contribution in [0.4, 0.5) is 5.69 Å². The molecule has 1 N–H and O–H groups in total. The summed E-state index contributed by atoms with van der Waals surface area (Å²) in [4.78, 5) is 24.3. The molecule has 0 saturated carbocycles. The lowest BCUT2D eigenvalue weighted by Gasteiger charge is -2.20. The fourth-order valence-electron chi connectivity index (χ4n) is 2.55. The lowest BCUT2D eigenvalue weighted by atomic mass is 9.95. The van der Waals surface area contributed by atoms with Crippen LogP contribution in [-0.4, -0.2) is 44.8 Å². The van der Waals surface area contributed by atoms with Crippen LogP contribution in [0.25, 0.3) is 0 Å². The largest absolute Gasteiger partial charge is 0.452 e. The number of carbonyl (C=O) groups is 2. The number of anilines is 1. The highest BCUT2D eigenvalue weighted by molar-refractivity contribution is 7.89. The monoisotopic (exact) mass is 414 g/mol. The summed E-state index contributed by atoms with van der Waals surface area (Å²) in [6, 6.07) is 4.14. The minimum absolute atomic E-state index is 0.0477. The van der Waals surface area contributed by atoms with Crippen molar-refractivity contribution in [1.82, 2.24) is 4.31 Å². The van der Waals surface area contributed by atoms with Gasteiger partial charge in [0.1, 0.15) is 4.90 Å². The molecule has 1 aliphatic carbocycles. The van der Waals surface area contributed by atoms with Gasteiger partial charge in [0, 0.05) is 19.8 Å². The summed E-state index contributed by atoms with van der Waals surface area (Å²) in [6.45, 7) is 1.47. The first-order valence-corrected chi connectivity index (χ1v) is 10.3. The van der Waals surface area contributed by atoms with Crippen LogP contribution in [0.15, 0.2) is 35.2 Å². The van der Waals surface area contributed by atoms with Crippen LogP contribution >= 0.6 is 11.6 Å². The smallest absolute Gasteiger partial charge is 0.310 e. The van der Waals surface area contributed by atoms with Gasteiger partial charge in [-0.25, -0.2) is 12.7 Å². The normalized spacial score (nSPS) is 18.2. The molecule has 0 heterocycles. The van der Waals surface area contributed by atoms with E-state index in [4.69, 9.17) is 16.3 Å². The lowest BCUT2D eigenvalue weighted by molar-refractivity contribution is -0.157. The zero-order chi connectivity index (χ0) is 20.2. The molecule has 0 spiro atoms. The van der Waals surface area contributed by atoms with Gasteiger partial charge >= 0.3 is 5.97 Å². The van der Waals surface area contributed by atoms with Crippen molar-refractivity contribution in [1.29, 1.82) is 0 Å². The van der Waals surface area contributed by atoms with Crippen LogP contribution in [0.2, 0.25) is 5.02 Å². The van der Waals surface area contributed by atoms with Crippen molar-refractivity contribution >= 4 is 39.2 Å². The Morgan fingerprint density at radius 2 is 2.00 bits per heavy atom. The number of nitrogens with zero attached hydrogens (tertiary/aromatic N) is 1. The van der Waals surface area contributed by atoms with E-state index < -0.39 is 28.0 Å². The molecule has 2 rings (SSSR count). The van der Waals surface area contributed by atoms with E-state index in [1.54, 1.807) is 0 Å². The Hall–Kier alpha value is -1.90. The van der Waals surface area contributed by atoms with E-state index >= 15 is 0 Å². The number of ether oxygens (including phenoxy) is 1. The SMILES string of the molecule is C[C@@H](OC(=O)[C@H]1CC=CCC1)C(=O)Nc1ccc(Cl)c(S(=O)(=O)N(C)C)c1. The van der Waals surface area contributed by atoms with E-state index in [0.717, 1.165) is 10.7 Å². The Balaban J connectivity index is 2.06. The highest BCUT2D eigenvalue weighted by Gasteiger charge is 2.26. The Kier molecular flexibility index (Phi) is 7.02. The third kappa shape index (κ3) is 5.31. The summed E-state index contributed by atoms with van der Waals surface area (Å²) >= 11 is 5.99. The van der Waals surface area contributed by atoms with E-state index in [1.165, 1.54) is 39.2 Å². The van der Waals surface area contributed by atoms with E-state index in [1.807, 2.05) is 12.2 Å². The molecule has 1 aromatic carbocycles. The van der Waals surface area contributed by atoms with Gasteiger partial charge < -0.3 is 10.1 Å². The third-order valence-corrected chi connectivity index (χ3v) is 6.52. The lowest BCUT2D eigenvalue weighted by Crippen LogP contribution is -2.32. The molecular formula is C18H23ClN2O5S. The Morgan fingerprint density at radius 1 is 1.30 bits per heavy atom. The number of hydrogen-bond acceptors (Lipinski definition) is 5. The van der Waals surface area contributed by atoms with Gasteiger partial charge in [-0.1, -0.05) is 23.8 Å². The topological polar surface area (TPSA) is 92.8 Å². The number of esters is 1. The molecule has 9 heteroatoms. The Bertz CT molecular complexity index is 851. The maximum atomic E-state index is 12.3. The Morgan fingerprint density at radius 3 is 2.59 bits per heavy atom. The van der Waals surface area contributed by atoms with Gasteiger partial charge in [-0.15, -0.1) is 0 Å². The van der Waals surface area contributed by atoms with Crippen LogP contribution in [0.3, 0.4) is 0 Å². The summed E-state index contributed by atoms with van der Waals surface area (Å²) in [5, 5.41) is 2.60. The highest BCUT2D eigenvalue weighted by Crippen LogP contribution is 2.27. The molecule has 1 amide bonds. The number of amides is 1. The average molecular weight is 415 g/mol. The molecule has 0 unspecified atom stereocenters. The molecule has 2 atom stereocenters. The van der Waals surface area contributed by atoms with Crippen molar-refractivity contribution in [2.45, 2.75) is 37.2 Å². The van der Waals surface area contributed by atoms with Crippen molar-refractivity contribution in [3.63, 3.8) is 0 Å². The van der Waals surface area contributed by atoms with Gasteiger partial charge in [-0.05, 0) is 44.4 Å². The van der Waals surface area contributed by atoms with Gasteiger partial charge in [0.2, 0.25) is 10.0 Å². The Labute approximate surface area is 164 Å². The molecule has 0 aromatic heterocycles. The summed E-state index contributed by atoms with van der Waals surface area (Å²) < 4.78 is 30.9. The fourth-order valence-corrected chi connectivity index (χ4v) is 3.94. The van der Waals surface area contributed by atoms with Crippen molar-refractivity contribution in [2.24, 2.45) is 5.92 Å². The summed E-state index contributed by atoms with van der Waals surface area (Å²) in [7, 11) is -0.986. The van der Waals surface area contributed by atoms with Gasteiger partial charge in [-0.3, -0.25) is 9.59 Å². The molecule has 0 aliphatic heterocycles. The molecule has 7 nitrogen and oxygen atoms in total. The number of allylic oxidation sites excluding steroid dienone is 2. The average Bonchev–Trinajstić information content (AvgIpc) is 2.63. The van der Waals surface area contributed by atoms with Crippen molar-refractivity contribution < 1.29 is 22.7 Å². The standard InChI is InChI=1S/C18H23ClN2O5S/c1-12(26-18(23)13-7-5-4-6-8-13)17(22)20-14-9-10-15(19)16(11-14)27(24,25)21(2)3/h4-5,9-13H,6-8H2,1-3H3,(H,20,22)/t12-,13+/m1/s1. The van der Waals surface area contributed by atoms with E-state index in [2.05, 4.69) is 5.32 Å². The van der Waals surface area contributed by atoms with Crippen LogP contribution in [0.1, 0.15) is 26.2 Å². The first-order valence-electron chi connectivity index (χ1n) is 8.51.